The molecule has 1 aliphatic heterocycles. The van der Waals surface area contributed by atoms with Crippen LogP contribution in [0.5, 0.6) is 0 Å². The number of fused-ring (bicyclic) bond motifs is 1. The molecule has 2 aromatic carbocycles. The van der Waals surface area contributed by atoms with Crippen molar-refractivity contribution in [1.29, 1.82) is 0 Å². The van der Waals surface area contributed by atoms with E-state index < -0.39 is 9.84 Å². The maximum atomic E-state index is 11.4. The minimum Gasteiger partial charge on any atom is -0.384 e. The Morgan fingerprint density at radius 3 is 2.62 bits per heavy atom. The minimum atomic E-state index is -3.13. The van der Waals surface area contributed by atoms with Crippen molar-refractivity contribution in [3.63, 3.8) is 0 Å². The van der Waals surface area contributed by atoms with E-state index in [4.69, 9.17) is 0 Å². The molecule has 1 aliphatic rings. The van der Waals surface area contributed by atoms with E-state index in [1.807, 2.05) is 0 Å². The average molecular weight is 302 g/mol. The van der Waals surface area contributed by atoms with Crippen molar-refractivity contribution in [2.24, 2.45) is 0 Å². The summed E-state index contributed by atoms with van der Waals surface area (Å²) >= 11 is 0. The Kier molecular flexibility index (Phi) is 3.59. The van der Waals surface area contributed by atoms with Crippen LogP contribution in [-0.2, 0) is 22.8 Å². The molecule has 110 valence electrons. The molecule has 2 aromatic rings. The normalized spacial score (nSPS) is 13.6. The van der Waals surface area contributed by atoms with Gasteiger partial charge in [0.2, 0.25) is 0 Å². The fourth-order valence-electron chi connectivity index (χ4n) is 2.58. The second kappa shape index (κ2) is 5.41. The number of hydrogen-bond donors (Lipinski definition) is 2. The van der Waals surface area contributed by atoms with Gasteiger partial charge in [-0.15, -0.1) is 0 Å². The first-order chi connectivity index (χ1) is 10.0. The summed E-state index contributed by atoms with van der Waals surface area (Å²) in [5, 5.41) is 6.75. The molecule has 3 rings (SSSR count). The predicted octanol–water partition coefficient (Wildman–Crippen LogP) is 2.67. The van der Waals surface area contributed by atoms with Crippen molar-refractivity contribution in [1.82, 2.24) is 0 Å². The van der Waals surface area contributed by atoms with Gasteiger partial charge in [0.25, 0.3) is 0 Å². The summed E-state index contributed by atoms with van der Waals surface area (Å²) in [4.78, 5) is 0.343. The predicted molar refractivity (Wildman–Crippen MR) is 85.5 cm³/mol. The van der Waals surface area contributed by atoms with E-state index in [-0.39, 0.29) is 0 Å². The Morgan fingerprint density at radius 2 is 1.90 bits per heavy atom. The highest BCUT2D eigenvalue weighted by atomic mass is 32.2. The van der Waals surface area contributed by atoms with Gasteiger partial charge in [0.1, 0.15) is 0 Å². The number of nitrogens with one attached hydrogen (secondary N) is 2. The van der Waals surface area contributed by atoms with Crippen molar-refractivity contribution in [3.8, 4) is 0 Å². The lowest BCUT2D eigenvalue weighted by Gasteiger charge is -2.11. The molecule has 0 atom stereocenters. The molecule has 0 spiro atoms. The Labute approximate surface area is 125 Å². The fourth-order valence-corrected chi connectivity index (χ4v) is 3.21. The van der Waals surface area contributed by atoms with Crippen LogP contribution in [0.4, 0.5) is 11.4 Å². The molecule has 0 fully saturated rings. The second-order valence-corrected chi connectivity index (χ2v) is 7.29. The number of para-hydroxylation sites is 1. The lowest BCUT2D eigenvalue weighted by atomic mass is 10.1. The molecule has 1 heterocycles. The Bertz CT molecular complexity index is 752. The lowest BCUT2D eigenvalue weighted by Crippen LogP contribution is -2.03. The number of hydrogen-bond acceptors (Lipinski definition) is 4. The first-order valence-electron chi connectivity index (χ1n) is 6.93. The van der Waals surface area contributed by atoms with Gasteiger partial charge in [-0.25, -0.2) is 8.42 Å². The van der Waals surface area contributed by atoms with E-state index in [0.29, 0.717) is 11.4 Å². The summed E-state index contributed by atoms with van der Waals surface area (Å²) in [6, 6.07) is 13.2. The Hall–Kier alpha value is -2.01. The molecular weight excluding hydrogens is 284 g/mol. The third kappa shape index (κ3) is 3.03. The van der Waals surface area contributed by atoms with Crippen LogP contribution >= 0.6 is 0 Å². The number of benzene rings is 2. The van der Waals surface area contributed by atoms with Gasteiger partial charge in [0.15, 0.2) is 9.84 Å². The van der Waals surface area contributed by atoms with E-state index in [1.54, 1.807) is 24.3 Å². The summed E-state index contributed by atoms with van der Waals surface area (Å²) < 4.78 is 22.8. The van der Waals surface area contributed by atoms with Gasteiger partial charge >= 0.3 is 0 Å². The van der Waals surface area contributed by atoms with Crippen LogP contribution < -0.4 is 10.6 Å². The zero-order chi connectivity index (χ0) is 14.9. The fraction of sp³-hybridized carbons (Fsp3) is 0.250. The lowest BCUT2D eigenvalue weighted by molar-refractivity contribution is 0.602. The van der Waals surface area contributed by atoms with Crippen molar-refractivity contribution >= 4 is 21.2 Å². The second-order valence-electron chi connectivity index (χ2n) is 5.28. The summed E-state index contributed by atoms with van der Waals surface area (Å²) in [6.45, 7) is 1.71. The molecule has 5 heteroatoms. The van der Waals surface area contributed by atoms with Gasteiger partial charge in [-0.2, -0.15) is 0 Å². The summed E-state index contributed by atoms with van der Waals surface area (Å²) in [6.07, 6.45) is 2.29. The molecule has 0 aromatic heterocycles. The molecule has 0 unspecified atom stereocenters. The average Bonchev–Trinajstić information content (AvgIpc) is 2.93. The van der Waals surface area contributed by atoms with Gasteiger partial charge in [-0.3, -0.25) is 0 Å². The third-order valence-electron chi connectivity index (χ3n) is 3.70. The van der Waals surface area contributed by atoms with E-state index >= 15 is 0 Å². The standard InChI is InChI=1S/C16H18N2O2S/c1-21(19,20)15-7-5-14(6-8-15)18-11-13-4-2-3-12-9-10-17-16(12)13/h2-8,17-18H,9-11H2,1H3. The van der Waals surface area contributed by atoms with Crippen molar-refractivity contribution < 1.29 is 8.42 Å². The first-order valence-corrected chi connectivity index (χ1v) is 8.82. The quantitative estimate of drug-likeness (QED) is 0.911. The van der Waals surface area contributed by atoms with Crippen molar-refractivity contribution in [2.45, 2.75) is 17.9 Å². The Morgan fingerprint density at radius 1 is 1.14 bits per heavy atom. The van der Waals surface area contributed by atoms with Gasteiger partial charge in [0.05, 0.1) is 4.90 Å². The van der Waals surface area contributed by atoms with Crippen LogP contribution in [0, 0.1) is 0 Å². The highest BCUT2D eigenvalue weighted by molar-refractivity contribution is 7.90. The van der Waals surface area contributed by atoms with Crippen LogP contribution in [-0.4, -0.2) is 21.2 Å². The zero-order valence-electron chi connectivity index (χ0n) is 11.9. The topological polar surface area (TPSA) is 58.2 Å². The maximum Gasteiger partial charge on any atom is 0.175 e. The van der Waals surface area contributed by atoms with Crippen LogP contribution in [0.1, 0.15) is 11.1 Å². The summed E-state index contributed by atoms with van der Waals surface area (Å²) in [5.41, 5.74) is 4.75. The van der Waals surface area contributed by atoms with Gasteiger partial charge in [-0.1, -0.05) is 18.2 Å². The molecule has 0 saturated heterocycles. The van der Waals surface area contributed by atoms with Crippen LogP contribution in [0.3, 0.4) is 0 Å². The molecule has 0 aliphatic carbocycles. The highest BCUT2D eigenvalue weighted by Crippen LogP contribution is 2.27. The van der Waals surface area contributed by atoms with Gasteiger partial charge < -0.3 is 10.6 Å². The van der Waals surface area contributed by atoms with Crippen molar-refractivity contribution in [3.05, 3.63) is 53.6 Å². The smallest absolute Gasteiger partial charge is 0.175 e. The molecule has 4 nitrogen and oxygen atoms in total. The monoisotopic (exact) mass is 302 g/mol. The Balaban J connectivity index is 1.73. The molecular formula is C16H18N2O2S. The summed E-state index contributed by atoms with van der Waals surface area (Å²) in [5.74, 6) is 0. The van der Waals surface area contributed by atoms with Gasteiger partial charge in [0, 0.05) is 30.7 Å². The molecule has 2 N–H and O–H groups in total. The summed E-state index contributed by atoms with van der Waals surface area (Å²) in [7, 11) is -3.13. The van der Waals surface area contributed by atoms with E-state index in [1.165, 1.54) is 23.1 Å². The van der Waals surface area contributed by atoms with Gasteiger partial charge in [-0.05, 0) is 41.8 Å². The van der Waals surface area contributed by atoms with Crippen molar-refractivity contribution in [2.75, 3.05) is 23.4 Å². The number of anilines is 2. The highest BCUT2D eigenvalue weighted by Gasteiger charge is 2.13. The molecule has 21 heavy (non-hydrogen) atoms. The number of rotatable bonds is 4. The van der Waals surface area contributed by atoms with E-state index in [9.17, 15) is 8.42 Å². The first kappa shape index (κ1) is 13.9. The molecule has 0 saturated carbocycles. The number of sulfone groups is 1. The van der Waals surface area contributed by atoms with Crippen LogP contribution in [0.15, 0.2) is 47.4 Å². The molecule has 0 amide bonds. The molecule has 0 bridgehead atoms. The maximum absolute atomic E-state index is 11.4. The van der Waals surface area contributed by atoms with E-state index in [0.717, 1.165) is 18.7 Å². The zero-order valence-corrected chi connectivity index (χ0v) is 12.7. The SMILES string of the molecule is CS(=O)(=O)c1ccc(NCc2cccc3c2NCC3)cc1. The minimum absolute atomic E-state index is 0.343. The third-order valence-corrected chi connectivity index (χ3v) is 4.83. The van der Waals surface area contributed by atoms with Crippen LogP contribution in [0.2, 0.25) is 0 Å². The largest absolute Gasteiger partial charge is 0.384 e. The van der Waals surface area contributed by atoms with E-state index in [2.05, 4.69) is 28.8 Å². The van der Waals surface area contributed by atoms with Crippen LogP contribution in [0.25, 0.3) is 0 Å². The molecule has 0 radical (unpaired) electrons.